The van der Waals surface area contributed by atoms with Gasteiger partial charge in [-0.25, -0.2) is 0 Å². The van der Waals surface area contributed by atoms with E-state index in [-0.39, 0.29) is 6.29 Å². The van der Waals surface area contributed by atoms with Crippen molar-refractivity contribution in [3.8, 4) is 11.5 Å². The number of ether oxygens (including phenoxy) is 2. The van der Waals surface area contributed by atoms with Crippen LogP contribution in [0.2, 0.25) is 19.6 Å². The van der Waals surface area contributed by atoms with E-state index >= 15 is 0 Å². The summed E-state index contributed by atoms with van der Waals surface area (Å²) in [5.74, 6) is 3.09. The minimum Gasteiger partial charge on any atom is -0.385 e. The Balaban J connectivity index is 2.73. The minimum absolute atomic E-state index is 0.247. The van der Waals surface area contributed by atoms with Crippen molar-refractivity contribution in [1.82, 2.24) is 0 Å². The molecule has 1 fully saturated rings. The Morgan fingerprint density at radius 2 is 2.11 bits per heavy atom. The van der Waals surface area contributed by atoms with Gasteiger partial charge < -0.3 is 14.6 Å². The molecule has 0 radical (unpaired) electrons. The summed E-state index contributed by atoms with van der Waals surface area (Å²) in [6, 6.07) is 0. The summed E-state index contributed by atoms with van der Waals surface area (Å²) in [6.07, 6.45) is 1.51. The summed E-state index contributed by atoms with van der Waals surface area (Å²) >= 11 is 0. The van der Waals surface area contributed by atoms with Crippen LogP contribution in [-0.2, 0) is 9.47 Å². The van der Waals surface area contributed by atoms with Crippen LogP contribution in [0.25, 0.3) is 0 Å². The van der Waals surface area contributed by atoms with Crippen LogP contribution in [0.15, 0.2) is 12.2 Å². The molecule has 0 aliphatic carbocycles. The fourth-order valence-corrected chi connectivity index (χ4v) is 2.29. The Hall–Kier alpha value is -0.603. The van der Waals surface area contributed by atoms with Crippen LogP contribution in [0.5, 0.6) is 0 Å². The van der Waals surface area contributed by atoms with Crippen LogP contribution in [0.4, 0.5) is 0 Å². The molecule has 0 amide bonds. The van der Waals surface area contributed by atoms with Crippen molar-refractivity contribution < 1.29 is 14.6 Å². The molecule has 0 spiro atoms. The first kappa shape index (κ1) is 16.5. The van der Waals surface area contributed by atoms with Gasteiger partial charge in [0, 0.05) is 6.61 Å². The van der Waals surface area contributed by atoms with E-state index in [1.54, 1.807) is 6.92 Å². The summed E-state index contributed by atoms with van der Waals surface area (Å²) < 4.78 is 11.4. The third-order valence-electron chi connectivity index (χ3n) is 2.82. The highest BCUT2D eigenvalue weighted by Crippen LogP contribution is 2.18. The molecule has 1 unspecified atom stereocenters. The largest absolute Gasteiger partial charge is 0.385 e. The maximum absolute atomic E-state index is 10.1. The minimum atomic E-state index is -1.49. The molecular formula is C15H26O3Si. The normalized spacial score (nSPS) is 23.1. The number of hydrogen-bond donors (Lipinski definition) is 1. The number of hydrogen-bond acceptors (Lipinski definition) is 3. The third kappa shape index (κ3) is 6.39. The average molecular weight is 282 g/mol. The van der Waals surface area contributed by atoms with Crippen molar-refractivity contribution >= 4 is 8.07 Å². The first-order chi connectivity index (χ1) is 8.79. The van der Waals surface area contributed by atoms with Crippen LogP contribution in [0.1, 0.15) is 26.2 Å². The first-order valence-electron chi connectivity index (χ1n) is 6.93. The van der Waals surface area contributed by atoms with Crippen molar-refractivity contribution in [2.75, 3.05) is 6.61 Å². The molecule has 19 heavy (non-hydrogen) atoms. The first-order valence-corrected chi connectivity index (χ1v) is 10.4. The van der Waals surface area contributed by atoms with E-state index in [0.717, 1.165) is 25.9 Å². The molecule has 1 saturated heterocycles. The topological polar surface area (TPSA) is 38.7 Å². The van der Waals surface area contributed by atoms with E-state index in [9.17, 15) is 5.11 Å². The van der Waals surface area contributed by atoms with E-state index in [1.807, 2.05) is 0 Å². The lowest BCUT2D eigenvalue weighted by Gasteiger charge is -2.28. The molecule has 1 aliphatic rings. The monoisotopic (exact) mass is 282 g/mol. The average Bonchev–Trinajstić information content (AvgIpc) is 2.33. The second kappa shape index (κ2) is 7.25. The van der Waals surface area contributed by atoms with E-state index in [0.29, 0.717) is 5.57 Å². The zero-order valence-electron chi connectivity index (χ0n) is 12.5. The summed E-state index contributed by atoms with van der Waals surface area (Å²) in [6.45, 7) is 12.8. The molecule has 1 N–H and O–H groups in total. The molecule has 1 aliphatic heterocycles. The highest BCUT2D eigenvalue weighted by atomic mass is 28.3. The molecule has 1 rings (SSSR count). The van der Waals surface area contributed by atoms with Gasteiger partial charge in [-0.2, -0.15) is 0 Å². The molecule has 0 aromatic rings. The summed E-state index contributed by atoms with van der Waals surface area (Å²) in [5.41, 5.74) is 3.93. The maximum atomic E-state index is 10.1. The van der Waals surface area contributed by atoms with E-state index < -0.39 is 20.3 Å². The predicted molar refractivity (Wildman–Crippen MR) is 80.4 cm³/mol. The fourth-order valence-electron chi connectivity index (χ4n) is 1.72. The number of rotatable bonds is 4. The van der Waals surface area contributed by atoms with E-state index in [2.05, 4.69) is 37.7 Å². The Morgan fingerprint density at radius 3 is 2.58 bits per heavy atom. The Labute approximate surface area is 118 Å². The van der Waals surface area contributed by atoms with Gasteiger partial charge in [0.1, 0.15) is 20.3 Å². The Kier molecular flexibility index (Phi) is 6.28. The van der Waals surface area contributed by atoms with Crippen LogP contribution in [-0.4, -0.2) is 38.3 Å². The second-order valence-corrected chi connectivity index (χ2v) is 10.9. The van der Waals surface area contributed by atoms with Gasteiger partial charge in [-0.1, -0.05) is 32.1 Å². The standard InChI is InChI=1S/C15H26O3Si/c1-12(2)15(16)13(9-11-19(3,4)5)18-14-8-6-7-10-17-14/h13-16H,1,6-8,10H2,2-5H3/t13-,14?,15-/m0/s1. The van der Waals surface area contributed by atoms with Gasteiger partial charge in [0.25, 0.3) is 0 Å². The van der Waals surface area contributed by atoms with Gasteiger partial charge in [0.2, 0.25) is 0 Å². The molecule has 0 aromatic heterocycles. The summed E-state index contributed by atoms with van der Waals surface area (Å²) in [5, 5.41) is 10.1. The molecule has 1 heterocycles. The summed E-state index contributed by atoms with van der Waals surface area (Å²) in [7, 11) is -1.49. The smallest absolute Gasteiger partial charge is 0.159 e. The van der Waals surface area contributed by atoms with Crippen molar-refractivity contribution in [3.05, 3.63) is 12.2 Å². The molecule has 108 valence electrons. The third-order valence-corrected chi connectivity index (χ3v) is 3.71. The van der Waals surface area contributed by atoms with Crippen molar-refractivity contribution in [2.45, 2.75) is 64.3 Å². The Morgan fingerprint density at radius 1 is 1.42 bits per heavy atom. The zero-order valence-corrected chi connectivity index (χ0v) is 13.5. The van der Waals surface area contributed by atoms with Crippen LogP contribution >= 0.6 is 0 Å². The maximum Gasteiger partial charge on any atom is 0.159 e. The molecule has 0 saturated carbocycles. The number of aliphatic hydroxyl groups is 1. The fraction of sp³-hybridized carbons (Fsp3) is 0.733. The quantitative estimate of drug-likeness (QED) is 0.489. The SMILES string of the molecule is C=C(C)[C@H](O)[C@H](C#C[Si](C)(C)C)OC1CCCCO1. The van der Waals surface area contributed by atoms with Gasteiger partial charge in [-0.15, -0.1) is 5.54 Å². The molecule has 3 atom stereocenters. The second-order valence-electron chi connectivity index (χ2n) is 6.16. The number of aliphatic hydroxyl groups excluding tert-OH is 1. The van der Waals surface area contributed by atoms with Crippen LogP contribution in [0.3, 0.4) is 0 Å². The lowest BCUT2D eigenvalue weighted by Crippen LogP contribution is -2.35. The Bertz CT molecular complexity index is 356. The molecule has 3 nitrogen and oxygen atoms in total. The van der Waals surface area contributed by atoms with Crippen molar-refractivity contribution in [1.29, 1.82) is 0 Å². The lowest BCUT2D eigenvalue weighted by molar-refractivity contribution is -0.189. The highest BCUT2D eigenvalue weighted by molar-refractivity contribution is 6.83. The molecular weight excluding hydrogens is 256 g/mol. The lowest BCUT2D eigenvalue weighted by atomic mass is 10.1. The van der Waals surface area contributed by atoms with Crippen molar-refractivity contribution in [2.24, 2.45) is 0 Å². The van der Waals surface area contributed by atoms with Crippen LogP contribution in [0, 0.1) is 11.5 Å². The van der Waals surface area contributed by atoms with Crippen molar-refractivity contribution in [3.63, 3.8) is 0 Å². The van der Waals surface area contributed by atoms with Crippen LogP contribution < -0.4 is 0 Å². The molecule has 0 aromatic carbocycles. The zero-order chi connectivity index (χ0) is 14.5. The van der Waals surface area contributed by atoms with E-state index in [4.69, 9.17) is 9.47 Å². The van der Waals surface area contributed by atoms with E-state index in [1.165, 1.54) is 0 Å². The molecule has 0 bridgehead atoms. The highest BCUT2D eigenvalue weighted by Gasteiger charge is 2.25. The molecule has 4 heteroatoms. The van der Waals surface area contributed by atoms with Gasteiger partial charge in [-0.3, -0.25) is 0 Å². The predicted octanol–water partition coefficient (Wildman–Crippen LogP) is 2.72. The van der Waals surface area contributed by atoms with Gasteiger partial charge >= 0.3 is 0 Å². The summed E-state index contributed by atoms with van der Waals surface area (Å²) in [4.78, 5) is 0. The van der Waals surface area contributed by atoms with Gasteiger partial charge in [0.05, 0.1) is 0 Å². The van der Waals surface area contributed by atoms with Gasteiger partial charge in [-0.05, 0) is 31.8 Å². The van der Waals surface area contributed by atoms with Gasteiger partial charge in [0.15, 0.2) is 6.29 Å².